The van der Waals surface area contributed by atoms with Gasteiger partial charge in [0, 0.05) is 56.1 Å². The van der Waals surface area contributed by atoms with Gasteiger partial charge in [-0.05, 0) is 65.6 Å². The summed E-state index contributed by atoms with van der Waals surface area (Å²) in [5.74, 6) is -1.08. The first-order chi connectivity index (χ1) is 30.7. The van der Waals surface area contributed by atoms with Crippen LogP contribution >= 0.6 is 0 Å². The molecule has 0 saturated carbocycles. The van der Waals surface area contributed by atoms with E-state index < -0.39 is 41.6 Å². The van der Waals surface area contributed by atoms with E-state index in [1.165, 1.54) is 0 Å². The average Bonchev–Trinajstić information content (AvgIpc) is 3.63. The fraction of sp³-hybridized carbons (Fsp3) is 0.400. The molecule has 0 unspecified atom stereocenters. The number of hydrazine groups is 1. The van der Waals surface area contributed by atoms with E-state index in [9.17, 15) is 24.3 Å². The van der Waals surface area contributed by atoms with Gasteiger partial charge in [0.05, 0.1) is 30.0 Å². The summed E-state index contributed by atoms with van der Waals surface area (Å²) < 4.78 is 5.13. The summed E-state index contributed by atoms with van der Waals surface area (Å²) in [4.78, 5) is 68.0. The summed E-state index contributed by atoms with van der Waals surface area (Å²) in [6.07, 6.45) is 2.45. The monoisotopic (exact) mass is 870 g/mol. The van der Waals surface area contributed by atoms with E-state index in [-0.39, 0.29) is 44.0 Å². The normalized spacial score (nSPS) is 15.3. The molecule has 0 radical (unpaired) electrons. The van der Waals surface area contributed by atoms with E-state index in [0.29, 0.717) is 26.1 Å². The number of alkyl carbamates (subject to hydrolysis) is 1. The third-order valence-corrected chi connectivity index (χ3v) is 11.7. The fourth-order valence-corrected chi connectivity index (χ4v) is 8.08. The van der Waals surface area contributed by atoms with Gasteiger partial charge in [-0.25, -0.2) is 14.6 Å². The van der Waals surface area contributed by atoms with Gasteiger partial charge < -0.3 is 30.3 Å². The maximum atomic E-state index is 14.7. The van der Waals surface area contributed by atoms with Crippen LogP contribution in [0.2, 0.25) is 0 Å². The molecule has 1 saturated heterocycles. The van der Waals surface area contributed by atoms with Gasteiger partial charge in [0.2, 0.25) is 5.91 Å². The molecule has 1 aliphatic rings. The molecular weight excluding hydrogens is 809 g/mol. The lowest BCUT2D eigenvalue weighted by Gasteiger charge is -2.36. The number of nitrogens with one attached hydrogen (secondary N) is 3. The Bertz CT molecular complexity index is 2320. The second-order valence-electron chi connectivity index (χ2n) is 17.5. The van der Waals surface area contributed by atoms with Gasteiger partial charge in [-0.1, -0.05) is 120 Å². The predicted octanol–water partition coefficient (Wildman–Crippen LogP) is 6.73. The van der Waals surface area contributed by atoms with Crippen LogP contribution in [-0.2, 0) is 33.8 Å². The summed E-state index contributed by atoms with van der Waals surface area (Å²) in [7, 11) is 0. The third-order valence-electron chi connectivity index (χ3n) is 11.7. The molecule has 14 nitrogen and oxygen atoms in total. The van der Waals surface area contributed by atoms with E-state index in [1.807, 2.05) is 138 Å². The van der Waals surface area contributed by atoms with Crippen molar-refractivity contribution in [2.24, 2.45) is 11.3 Å². The number of hydrogen-bond donors (Lipinski definition) is 4. The Labute approximate surface area is 376 Å². The lowest BCUT2D eigenvalue weighted by atomic mass is 9.86. The quantitative estimate of drug-likeness (QED) is 0.0658. The Morgan fingerprint density at radius 3 is 2.23 bits per heavy atom. The van der Waals surface area contributed by atoms with Gasteiger partial charge in [0.25, 0.3) is 5.91 Å². The molecule has 5 amide bonds. The zero-order valence-corrected chi connectivity index (χ0v) is 37.7. The Morgan fingerprint density at radius 2 is 1.55 bits per heavy atom. The van der Waals surface area contributed by atoms with Gasteiger partial charge in [-0.15, -0.1) is 0 Å². The molecule has 14 heteroatoms. The number of aliphatic hydroxyl groups excluding tert-OH is 1. The Kier molecular flexibility index (Phi) is 16.1. The van der Waals surface area contributed by atoms with Crippen LogP contribution in [-0.4, -0.2) is 104 Å². The first kappa shape index (κ1) is 47.1. The predicted molar refractivity (Wildman–Crippen MR) is 247 cm³/mol. The molecule has 1 aliphatic heterocycles. The van der Waals surface area contributed by atoms with Gasteiger partial charge in [-0.2, -0.15) is 0 Å². The number of ether oxygens (including phenoxy) is 1. The first-order valence-electron chi connectivity index (χ1n) is 22.1. The number of carbonyl (C=O) groups excluding carboxylic acids is 4. The number of benzene rings is 3. The number of urea groups is 1. The molecule has 3 aromatic carbocycles. The minimum absolute atomic E-state index is 0.105. The summed E-state index contributed by atoms with van der Waals surface area (Å²) >= 11 is 0. The van der Waals surface area contributed by atoms with Crippen LogP contribution in [0.1, 0.15) is 64.7 Å². The highest BCUT2D eigenvalue weighted by Gasteiger charge is 2.41. The van der Waals surface area contributed by atoms with Crippen molar-refractivity contribution in [1.82, 2.24) is 40.8 Å². The molecule has 0 spiro atoms. The zero-order valence-electron chi connectivity index (χ0n) is 37.7. The number of pyridine rings is 2. The first-order valence-corrected chi connectivity index (χ1v) is 22.1. The smallest absolute Gasteiger partial charge is 0.407 e. The van der Waals surface area contributed by atoms with Crippen LogP contribution in [0.5, 0.6) is 0 Å². The highest BCUT2D eigenvalue weighted by molar-refractivity contribution is 5.89. The third kappa shape index (κ3) is 12.2. The van der Waals surface area contributed by atoms with E-state index >= 15 is 0 Å². The van der Waals surface area contributed by atoms with E-state index in [2.05, 4.69) is 26.0 Å². The molecule has 5 atom stereocenters. The minimum atomic E-state index is -1.22. The summed E-state index contributed by atoms with van der Waals surface area (Å²) in [5, 5.41) is 20.7. The van der Waals surface area contributed by atoms with E-state index in [1.54, 1.807) is 34.1 Å². The van der Waals surface area contributed by atoms with Gasteiger partial charge in [-0.3, -0.25) is 25.0 Å². The van der Waals surface area contributed by atoms with Gasteiger partial charge in [0.1, 0.15) is 12.1 Å². The van der Waals surface area contributed by atoms with Crippen molar-refractivity contribution in [2.45, 2.75) is 91.7 Å². The second-order valence-corrected chi connectivity index (χ2v) is 17.5. The van der Waals surface area contributed by atoms with Gasteiger partial charge >= 0.3 is 12.1 Å². The number of para-hydroxylation sites is 1. The van der Waals surface area contributed by atoms with E-state index in [4.69, 9.17) is 4.74 Å². The standard InChI is InChI=1S/C50H62N8O6/c1-7-34(3)44(58-29-28-56(49(58)63)32-38-25-27-52-41-20-13-12-18-39(38)41)46(60)53-42(30-35-16-10-9-11-17-35)43(59)33-57(55-47(61)45(50(4,5)6)54-48(62)64-8-2)31-36-21-23-37(24-22-36)40-19-14-15-26-51-40/h9-27,34,42-45,59H,7-8,28-33H2,1-6H3,(H,53,60)(H,54,62)(H,55,61)/t34-,42-,43-,44-,45+/m0/s1. The number of nitrogens with zero attached hydrogens (tertiary/aromatic N) is 5. The summed E-state index contributed by atoms with van der Waals surface area (Å²) in [5.41, 5.74) is 7.53. The number of amides is 5. The molecule has 338 valence electrons. The molecule has 3 heterocycles. The van der Waals surface area contributed by atoms with Crippen LogP contribution in [0, 0.1) is 11.3 Å². The lowest BCUT2D eigenvalue weighted by molar-refractivity contribution is -0.132. The molecule has 1 fully saturated rings. The van der Waals surface area contributed by atoms with Crippen molar-refractivity contribution < 1.29 is 29.0 Å². The number of carbonyl (C=O) groups is 4. The number of rotatable bonds is 19. The average molecular weight is 871 g/mol. The van der Waals surface area contributed by atoms with Crippen molar-refractivity contribution >= 4 is 34.8 Å². The van der Waals surface area contributed by atoms with Crippen LogP contribution in [0.25, 0.3) is 22.2 Å². The number of fused-ring (bicyclic) bond motifs is 1. The molecule has 6 rings (SSSR count). The largest absolute Gasteiger partial charge is 0.450 e. The SMILES string of the molecule is CCOC(=O)N[C@H](C(=O)NN(Cc1ccc(-c2ccccn2)cc1)C[C@H](O)[C@H](Cc1ccccc1)NC(=O)[C@H]([C@@H](C)CC)N1CCN(Cc2ccnc3ccccc23)C1=O)C(C)(C)C. The van der Waals surface area contributed by atoms with Crippen LogP contribution in [0.15, 0.2) is 116 Å². The number of hydrogen-bond acceptors (Lipinski definition) is 9. The zero-order chi connectivity index (χ0) is 45.8. The van der Waals surface area contributed by atoms with Gasteiger partial charge in [0.15, 0.2) is 0 Å². The Morgan fingerprint density at radius 1 is 0.828 bits per heavy atom. The molecule has 0 bridgehead atoms. The summed E-state index contributed by atoms with van der Waals surface area (Å²) in [6.45, 7) is 12.6. The van der Waals surface area contributed by atoms with Crippen LogP contribution < -0.4 is 16.1 Å². The van der Waals surface area contributed by atoms with Crippen molar-refractivity contribution in [2.75, 3.05) is 26.2 Å². The molecular formula is C50H62N8O6. The highest BCUT2D eigenvalue weighted by atomic mass is 16.5. The van der Waals surface area contributed by atoms with Crippen LogP contribution in [0.3, 0.4) is 0 Å². The minimum Gasteiger partial charge on any atom is -0.450 e. The highest BCUT2D eigenvalue weighted by Crippen LogP contribution is 2.26. The van der Waals surface area contributed by atoms with Crippen LogP contribution in [0.4, 0.5) is 9.59 Å². The Balaban J connectivity index is 1.25. The maximum Gasteiger partial charge on any atom is 0.407 e. The maximum absolute atomic E-state index is 14.7. The van der Waals surface area contributed by atoms with Crippen molar-refractivity contribution in [1.29, 1.82) is 0 Å². The lowest BCUT2D eigenvalue weighted by Crippen LogP contribution is -2.60. The Hall–Kier alpha value is -6.38. The fourth-order valence-electron chi connectivity index (χ4n) is 8.08. The van der Waals surface area contributed by atoms with Crippen molar-refractivity contribution in [3.05, 3.63) is 132 Å². The van der Waals surface area contributed by atoms with Crippen molar-refractivity contribution in [3.63, 3.8) is 0 Å². The molecule has 2 aromatic heterocycles. The van der Waals surface area contributed by atoms with Crippen molar-refractivity contribution in [3.8, 4) is 11.3 Å². The molecule has 5 aromatic rings. The molecule has 4 N–H and O–H groups in total. The molecule has 64 heavy (non-hydrogen) atoms. The second kappa shape index (κ2) is 21.8. The number of aliphatic hydroxyl groups is 1. The van der Waals surface area contributed by atoms with E-state index in [0.717, 1.165) is 38.9 Å². The topological polar surface area (TPSA) is 169 Å². The molecule has 0 aliphatic carbocycles. The summed E-state index contributed by atoms with van der Waals surface area (Å²) in [6, 6.07) is 29.9. The number of aromatic nitrogens is 2.